The number of hydrogen-bond donors (Lipinski definition) is 1. The van der Waals surface area contributed by atoms with Crippen LogP contribution in [0, 0.1) is 11.3 Å². The quantitative estimate of drug-likeness (QED) is 0.903. The highest BCUT2D eigenvalue weighted by molar-refractivity contribution is 9.10. The zero-order valence-electron chi connectivity index (χ0n) is 6.71. The predicted octanol–water partition coefficient (Wildman–Crippen LogP) is 2.04. The van der Waals surface area contributed by atoms with Gasteiger partial charge in [0.15, 0.2) is 0 Å². The SMILES string of the molecule is N#CCC(=O)NCc1cc(Br)cs1. The molecule has 13 heavy (non-hydrogen) atoms. The van der Waals surface area contributed by atoms with Gasteiger partial charge >= 0.3 is 0 Å². The Balaban J connectivity index is 2.36. The van der Waals surface area contributed by atoms with Crippen molar-refractivity contribution in [2.24, 2.45) is 0 Å². The van der Waals surface area contributed by atoms with Crippen LogP contribution in [0.15, 0.2) is 15.9 Å². The van der Waals surface area contributed by atoms with Gasteiger partial charge in [0.05, 0.1) is 12.6 Å². The molecule has 1 rings (SSSR count). The second-order valence-corrected chi connectivity index (χ2v) is 4.25. The molecule has 0 saturated carbocycles. The number of rotatable bonds is 3. The molecule has 0 spiro atoms. The second-order valence-electron chi connectivity index (χ2n) is 2.34. The number of carbonyl (C=O) groups excluding carboxylic acids is 1. The van der Waals surface area contributed by atoms with Gasteiger partial charge < -0.3 is 5.32 Å². The highest BCUT2D eigenvalue weighted by Gasteiger charge is 2.01. The third-order valence-electron chi connectivity index (χ3n) is 1.32. The monoisotopic (exact) mass is 258 g/mol. The zero-order chi connectivity index (χ0) is 9.68. The second kappa shape index (κ2) is 5.00. The normalized spacial score (nSPS) is 9.23. The Labute approximate surface area is 88.5 Å². The van der Waals surface area contributed by atoms with Crippen LogP contribution in [-0.4, -0.2) is 5.91 Å². The summed E-state index contributed by atoms with van der Waals surface area (Å²) in [4.78, 5) is 12.0. The van der Waals surface area contributed by atoms with Crippen molar-refractivity contribution in [2.75, 3.05) is 0 Å². The molecular formula is C8H7BrN2OS. The average Bonchev–Trinajstić information content (AvgIpc) is 2.49. The zero-order valence-corrected chi connectivity index (χ0v) is 9.11. The van der Waals surface area contributed by atoms with Gasteiger partial charge in [0.25, 0.3) is 0 Å². The molecule has 1 amide bonds. The van der Waals surface area contributed by atoms with E-state index in [1.807, 2.05) is 11.4 Å². The van der Waals surface area contributed by atoms with Gasteiger partial charge in [-0.05, 0) is 22.0 Å². The van der Waals surface area contributed by atoms with E-state index in [-0.39, 0.29) is 12.3 Å². The van der Waals surface area contributed by atoms with Gasteiger partial charge in [0.1, 0.15) is 6.42 Å². The van der Waals surface area contributed by atoms with Crippen molar-refractivity contribution >= 4 is 33.2 Å². The molecule has 0 aliphatic carbocycles. The maximum absolute atomic E-state index is 10.9. The van der Waals surface area contributed by atoms with Gasteiger partial charge in [-0.15, -0.1) is 11.3 Å². The van der Waals surface area contributed by atoms with E-state index in [0.717, 1.165) is 9.35 Å². The van der Waals surface area contributed by atoms with Crippen LogP contribution >= 0.6 is 27.3 Å². The number of amides is 1. The van der Waals surface area contributed by atoms with Gasteiger partial charge in [-0.2, -0.15) is 5.26 Å². The van der Waals surface area contributed by atoms with E-state index in [1.54, 1.807) is 17.4 Å². The van der Waals surface area contributed by atoms with E-state index in [4.69, 9.17) is 5.26 Å². The molecule has 1 N–H and O–H groups in total. The lowest BCUT2D eigenvalue weighted by atomic mass is 10.4. The lowest BCUT2D eigenvalue weighted by Crippen LogP contribution is -2.21. The topological polar surface area (TPSA) is 52.9 Å². The van der Waals surface area contributed by atoms with Crippen LogP contribution in [0.2, 0.25) is 0 Å². The average molecular weight is 259 g/mol. The van der Waals surface area contributed by atoms with Crippen LogP contribution in [0.3, 0.4) is 0 Å². The van der Waals surface area contributed by atoms with Crippen LogP contribution in [0.25, 0.3) is 0 Å². The molecule has 3 nitrogen and oxygen atoms in total. The van der Waals surface area contributed by atoms with Crippen molar-refractivity contribution in [3.05, 3.63) is 20.8 Å². The number of halogens is 1. The van der Waals surface area contributed by atoms with Crippen molar-refractivity contribution in [2.45, 2.75) is 13.0 Å². The molecule has 0 radical (unpaired) electrons. The lowest BCUT2D eigenvalue weighted by Gasteiger charge is -1.98. The highest BCUT2D eigenvalue weighted by atomic mass is 79.9. The van der Waals surface area contributed by atoms with Crippen molar-refractivity contribution in [3.8, 4) is 6.07 Å². The van der Waals surface area contributed by atoms with E-state index in [2.05, 4.69) is 21.2 Å². The minimum absolute atomic E-state index is 0.0768. The van der Waals surface area contributed by atoms with E-state index >= 15 is 0 Å². The van der Waals surface area contributed by atoms with Crippen LogP contribution in [0.5, 0.6) is 0 Å². The standard InChI is InChI=1S/C8H7BrN2OS/c9-6-3-7(13-5-6)4-11-8(12)1-2-10/h3,5H,1,4H2,(H,11,12). The smallest absolute Gasteiger partial charge is 0.234 e. The highest BCUT2D eigenvalue weighted by Crippen LogP contribution is 2.19. The minimum atomic E-state index is -0.230. The van der Waals surface area contributed by atoms with Gasteiger partial charge in [-0.25, -0.2) is 0 Å². The first-order chi connectivity index (χ1) is 6.22. The fourth-order valence-electron chi connectivity index (χ4n) is 0.767. The molecule has 0 saturated heterocycles. The maximum Gasteiger partial charge on any atom is 0.234 e. The summed E-state index contributed by atoms with van der Waals surface area (Å²) in [5.41, 5.74) is 0. The Morgan fingerprint density at radius 2 is 2.54 bits per heavy atom. The third-order valence-corrected chi connectivity index (χ3v) is 3.02. The minimum Gasteiger partial charge on any atom is -0.350 e. The molecule has 5 heteroatoms. The number of hydrogen-bond acceptors (Lipinski definition) is 3. The summed E-state index contributed by atoms with van der Waals surface area (Å²) in [6.45, 7) is 0.497. The van der Waals surface area contributed by atoms with E-state index in [9.17, 15) is 4.79 Å². The number of nitrogens with one attached hydrogen (secondary N) is 1. The summed E-state index contributed by atoms with van der Waals surface area (Å²) < 4.78 is 1.02. The van der Waals surface area contributed by atoms with Crippen LogP contribution < -0.4 is 5.32 Å². The van der Waals surface area contributed by atoms with Crippen LogP contribution in [-0.2, 0) is 11.3 Å². The summed E-state index contributed by atoms with van der Waals surface area (Å²) in [6, 6.07) is 3.73. The molecule has 1 aromatic rings. The molecule has 0 atom stereocenters. The van der Waals surface area contributed by atoms with Crippen LogP contribution in [0.4, 0.5) is 0 Å². The molecule has 0 aliphatic heterocycles. The predicted molar refractivity (Wildman–Crippen MR) is 54.1 cm³/mol. The molecule has 0 aromatic carbocycles. The summed E-state index contributed by atoms with van der Waals surface area (Å²) >= 11 is 4.88. The number of nitriles is 1. The third kappa shape index (κ3) is 3.57. The van der Waals surface area contributed by atoms with Gasteiger partial charge in [-0.3, -0.25) is 4.79 Å². The Morgan fingerprint density at radius 3 is 3.08 bits per heavy atom. The fraction of sp³-hybridized carbons (Fsp3) is 0.250. The number of carbonyl (C=O) groups is 1. The van der Waals surface area contributed by atoms with E-state index in [0.29, 0.717) is 6.54 Å². The summed E-state index contributed by atoms with van der Waals surface area (Å²) in [6.07, 6.45) is -0.0768. The molecular weight excluding hydrogens is 252 g/mol. The molecule has 1 heterocycles. The first-order valence-corrected chi connectivity index (χ1v) is 5.26. The molecule has 1 aromatic heterocycles. The van der Waals surface area contributed by atoms with Gasteiger partial charge in [0, 0.05) is 14.7 Å². The van der Waals surface area contributed by atoms with Gasteiger partial charge in [-0.1, -0.05) is 0 Å². The van der Waals surface area contributed by atoms with Crippen molar-refractivity contribution in [3.63, 3.8) is 0 Å². The first kappa shape index (κ1) is 10.2. The summed E-state index contributed by atoms with van der Waals surface area (Å²) in [5, 5.41) is 12.8. The molecule has 68 valence electrons. The molecule has 0 bridgehead atoms. The van der Waals surface area contributed by atoms with Crippen molar-refractivity contribution in [1.82, 2.24) is 5.32 Å². The van der Waals surface area contributed by atoms with E-state index in [1.165, 1.54) is 0 Å². The largest absolute Gasteiger partial charge is 0.350 e. The van der Waals surface area contributed by atoms with Crippen molar-refractivity contribution in [1.29, 1.82) is 5.26 Å². The van der Waals surface area contributed by atoms with Crippen LogP contribution in [0.1, 0.15) is 11.3 Å². The van der Waals surface area contributed by atoms with Crippen molar-refractivity contribution < 1.29 is 4.79 Å². The van der Waals surface area contributed by atoms with E-state index < -0.39 is 0 Å². The summed E-state index contributed by atoms with van der Waals surface area (Å²) in [7, 11) is 0. The maximum atomic E-state index is 10.9. The van der Waals surface area contributed by atoms with Gasteiger partial charge in [0.2, 0.25) is 5.91 Å². The Kier molecular flexibility index (Phi) is 3.93. The Bertz CT molecular complexity index is 342. The molecule has 0 fully saturated rings. The lowest BCUT2D eigenvalue weighted by molar-refractivity contribution is -0.120. The number of thiophene rings is 1. The Morgan fingerprint density at radius 1 is 1.77 bits per heavy atom. The Hall–Kier alpha value is -0.860. The molecule has 0 unspecified atom stereocenters. The number of nitrogens with zero attached hydrogens (tertiary/aromatic N) is 1. The first-order valence-electron chi connectivity index (χ1n) is 3.59. The molecule has 0 aliphatic rings. The summed E-state index contributed by atoms with van der Waals surface area (Å²) in [5.74, 6) is -0.230. The fourth-order valence-corrected chi connectivity index (χ4v) is 2.16.